The van der Waals surface area contributed by atoms with E-state index in [1.54, 1.807) is 24.4 Å². The van der Waals surface area contributed by atoms with Gasteiger partial charge in [-0.05, 0) is 87.1 Å². The van der Waals surface area contributed by atoms with E-state index < -0.39 is 5.82 Å². The number of piperazine rings is 1. The molecule has 0 N–H and O–H groups in total. The van der Waals surface area contributed by atoms with Gasteiger partial charge in [-0.3, -0.25) is 24.5 Å². The van der Waals surface area contributed by atoms with E-state index in [0.717, 1.165) is 97.8 Å². The molecule has 0 bridgehead atoms. The summed E-state index contributed by atoms with van der Waals surface area (Å²) < 4.78 is 21.8. The Morgan fingerprint density at radius 2 is 1.70 bits per heavy atom. The van der Waals surface area contributed by atoms with Gasteiger partial charge in [-0.1, -0.05) is 12.1 Å². The molecule has 46 heavy (non-hydrogen) atoms. The molecule has 4 aromatic rings. The van der Waals surface area contributed by atoms with Crippen LogP contribution in [0.3, 0.4) is 0 Å². The van der Waals surface area contributed by atoms with Crippen molar-refractivity contribution >= 4 is 33.2 Å². The van der Waals surface area contributed by atoms with E-state index in [4.69, 9.17) is 9.72 Å². The highest BCUT2D eigenvalue weighted by atomic mass is 32.1. The number of pyridine rings is 2. The molecule has 10 heteroatoms. The number of thiophene rings is 1. The molecule has 0 unspecified atom stereocenters. The fraction of sp³-hybridized carbons (Fsp3) is 0.444. The molecular formula is C36H40FN5O3S. The van der Waals surface area contributed by atoms with Crippen LogP contribution in [0.4, 0.5) is 4.39 Å². The molecule has 3 aliphatic rings. The lowest BCUT2D eigenvalue weighted by atomic mass is 9.95. The summed E-state index contributed by atoms with van der Waals surface area (Å²) in [4.78, 5) is 42.2. The van der Waals surface area contributed by atoms with Crippen molar-refractivity contribution in [3.63, 3.8) is 0 Å². The summed E-state index contributed by atoms with van der Waals surface area (Å²) in [7, 11) is 2.12. The maximum Gasteiger partial charge on any atom is 0.225 e. The number of piperidine rings is 1. The number of likely N-dealkylation sites (tertiary alicyclic amines) is 1. The first-order chi connectivity index (χ1) is 22.4. The van der Waals surface area contributed by atoms with Crippen LogP contribution in [0.5, 0.6) is 11.5 Å². The van der Waals surface area contributed by atoms with Crippen LogP contribution in [0.2, 0.25) is 0 Å². The van der Waals surface area contributed by atoms with E-state index in [0.29, 0.717) is 29.6 Å². The van der Waals surface area contributed by atoms with Gasteiger partial charge < -0.3 is 14.5 Å². The molecule has 1 aromatic carbocycles. The second-order valence-electron chi connectivity index (χ2n) is 13.1. The first-order valence-corrected chi connectivity index (χ1v) is 17.2. The molecule has 3 fully saturated rings. The number of nitrogens with zero attached hydrogens (tertiary/aromatic N) is 5. The minimum Gasteiger partial charge on any atom is -0.453 e. The smallest absolute Gasteiger partial charge is 0.225 e. The number of benzene rings is 1. The standard InChI is InChI=1S/C36H40FN5O3S/c1-40-12-9-27(10-13-40)36(44)42-16-14-41(15-17-42)23-26-4-6-30(39-22-26)34-21-31-35(46-34)33(8-11-38-31)45-32-7-5-25(20-29(32)37)19-28(43)18-24-2-3-24/h4-8,11,20-22,24,27H,2-3,9-10,12-19,23H2,1H3. The summed E-state index contributed by atoms with van der Waals surface area (Å²) in [5, 5.41) is 0. The zero-order valence-electron chi connectivity index (χ0n) is 26.3. The monoisotopic (exact) mass is 641 g/mol. The summed E-state index contributed by atoms with van der Waals surface area (Å²) in [6.07, 6.45) is 8.61. The average Bonchev–Trinajstić information content (AvgIpc) is 3.76. The lowest BCUT2D eigenvalue weighted by molar-refractivity contribution is -0.138. The van der Waals surface area contributed by atoms with Crippen LogP contribution in [-0.4, -0.2) is 82.7 Å². The van der Waals surface area contributed by atoms with Gasteiger partial charge in [0.1, 0.15) is 11.5 Å². The fourth-order valence-corrected chi connectivity index (χ4v) is 7.53. The number of amides is 1. The molecular weight excluding hydrogens is 601 g/mol. The topological polar surface area (TPSA) is 78.9 Å². The van der Waals surface area contributed by atoms with Crippen molar-refractivity contribution in [3.8, 4) is 22.1 Å². The summed E-state index contributed by atoms with van der Waals surface area (Å²) in [5.41, 5.74) is 3.41. The molecule has 2 aliphatic heterocycles. The Morgan fingerprint density at radius 1 is 0.913 bits per heavy atom. The van der Waals surface area contributed by atoms with Crippen LogP contribution < -0.4 is 4.74 Å². The van der Waals surface area contributed by atoms with Gasteiger partial charge >= 0.3 is 0 Å². The van der Waals surface area contributed by atoms with E-state index in [1.165, 1.54) is 17.4 Å². The van der Waals surface area contributed by atoms with Crippen molar-refractivity contribution in [3.05, 3.63) is 71.8 Å². The molecule has 5 heterocycles. The van der Waals surface area contributed by atoms with Crippen LogP contribution in [0, 0.1) is 17.7 Å². The predicted octanol–water partition coefficient (Wildman–Crippen LogP) is 6.19. The zero-order valence-corrected chi connectivity index (χ0v) is 27.1. The van der Waals surface area contributed by atoms with Crippen LogP contribution in [0.15, 0.2) is 54.9 Å². The van der Waals surface area contributed by atoms with Crippen LogP contribution in [0.1, 0.15) is 43.2 Å². The number of halogens is 1. The van der Waals surface area contributed by atoms with Crippen molar-refractivity contribution in [1.82, 2.24) is 24.7 Å². The SMILES string of the molecule is CN1CCC(C(=O)N2CCN(Cc3ccc(-c4cc5nccc(Oc6ccc(CC(=O)CC7CC7)cc6F)c5s4)nc3)CC2)CC1. The Balaban J connectivity index is 0.959. The van der Waals surface area contributed by atoms with E-state index in [9.17, 15) is 14.0 Å². The summed E-state index contributed by atoms with van der Waals surface area (Å²) >= 11 is 1.51. The molecule has 0 spiro atoms. The van der Waals surface area contributed by atoms with Crippen LogP contribution in [0.25, 0.3) is 20.8 Å². The number of ketones is 1. The highest BCUT2D eigenvalue weighted by Gasteiger charge is 2.30. The number of rotatable bonds is 10. The predicted molar refractivity (Wildman–Crippen MR) is 177 cm³/mol. The molecule has 2 saturated heterocycles. The van der Waals surface area contributed by atoms with Crippen molar-refractivity contribution in [2.75, 3.05) is 46.3 Å². The lowest BCUT2D eigenvalue weighted by Gasteiger charge is -2.38. The van der Waals surface area contributed by atoms with E-state index >= 15 is 0 Å². The molecule has 0 radical (unpaired) electrons. The average molecular weight is 642 g/mol. The number of ether oxygens (including phenoxy) is 1. The van der Waals surface area contributed by atoms with Gasteiger partial charge in [0.05, 0.1) is 20.8 Å². The van der Waals surface area contributed by atoms with Gasteiger partial charge in [-0.2, -0.15) is 0 Å². The first kappa shape index (κ1) is 30.9. The summed E-state index contributed by atoms with van der Waals surface area (Å²) in [5.74, 6) is 1.36. The maximum absolute atomic E-state index is 15.0. The molecule has 3 aromatic heterocycles. The molecule has 7 rings (SSSR count). The lowest BCUT2D eigenvalue weighted by Crippen LogP contribution is -2.51. The quantitative estimate of drug-likeness (QED) is 0.205. The van der Waals surface area contributed by atoms with Gasteiger partial charge in [-0.15, -0.1) is 11.3 Å². The van der Waals surface area contributed by atoms with Gasteiger partial charge in [0, 0.05) is 69.9 Å². The number of hydrogen-bond donors (Lipinski definition) is 0. The van der Waals surface area contributed by atoms with Crippen molar-refractivity contribution in [2.45, 2.75) is 45.1 Å². The van der Waals surface area contributed by atoms with Crippen molar-refractivity contribution < 1.29 is 18.7 Å². The maximum atomic E-state index is 15.0. The minimum atomic E-state index is -0.485. The van der Waals surface area contributed by atoms with Gasteiger partial charge in [-0.25, -0.2) is 4.39 Å². The Labute approximate surface area is 273 Å². The molecule has 8 nitrogen and oxygen atoms in total. The normalized spacial score (nSPS) is 18.3. The number of carbonyl (C=O) groups excluding carboxylic acids is 2. The zero-order chi connectivity index (χ0) is 31.6. The minimum absolute atomic E-state index is 0.121. The number of carbonyl (C=O) groups is 2. The highest BCUT2D eigenvalue weighted by molar-refractivity contribution is 7.22. The van der Waals surface area contributed by atoms with Crippen molar-refractivity contribution in [2.24, 2.45) is 11.8 Å². The fourth-order valence-electron chi connectivity index (χ4n) is 6.48. The molecule has 0 atom stereocenters. The molecule has 1 aliphatic carbocycles. The third-order valence-corrected chi connectivity index (χ3v) is 10.6. The van der Waals surface area contributed by atoms with E-state index in [2.05, 4.69) is 32.8 Å². The summed E-state index contributed by atoms with van der Waals surface area (Å²) in [6, 6.07) is 12.6. The molecule has 240 valence electrons. The number of hydrogen-bond acceptors (Lipinski definition) is 8. The van der Waals surface area contributed by atoms with Crippen molar-refractivity contribution in [1.29, 1.82) is 0 Å². The molecule has 1 saturated carbocycles. The third kappa shape index (κ3) is 7.29. The molecule has 1 amide bonds. The Hall–Kier alpha value is -3.73. The largest absolute Gasteiger partial charge is 0.453 e. The van der Waals surface area contributed by atoms with E-state index in [1.807, 2.05) is 18.3 Å². The van der Waals surface area contributed by atoms with Crippen LogP contribution >= 0.6 is 11.3 Å². The van der Waals surface area contributed by atoms with Crippen LogP contribution in [-0.2, 0) is 22.6 Å². The second kappa shape index (κ2) is 13.6. The Morgan fingerprint density at radius 3 is 2.41 bits per heavy atom. The Kier molecular flexibility index (Phi) is 9.10. The Bertz CT molecular complexity index is 1710. The highest BCUT2D eigenvalue weighted by Crippen LogP contribution is 2.39. The van der Waals surface area contributed by atoms with Gasteiger partial charge in [0.2, 0.25) is 5.91 Å². The number of fused-ring (bicyclic) bond motifs is 1. The second-order valence-corrected chi connectivity index (χ2v) is 14.1. The summed E-state index contributed by atoms with van der Waals surface area (Å²) in [6.45, 7) is 6.11. The number of Topliss-reactive ketones (excluding diaryl/α,β-unsaturated/α-hetero) is 1. The van der Waals surface area contributed by atoms with E-state index in [-0.39, 0.29) is 23.9 Å². The van der Waals surface area contributed by atoms with Gasteiger partial charge in [0.25, 0.3) is 0 Å². The third-order valence-electron chi connectivity index (χ3n) is 9.44. The van der Waals surface area contributed by atoms with Gasteiger partial charge in [0.15, 0.2) is 11.6 Å². The number of aromatic nitrogens is 2. The first-order valence-electron chi connectivity index (χ1n) is 16.4.